The second kappa shape index (κ2) is 12.2. The van der Waals surface area contributed by atoms with Crippen LogP contribution < -0.4 is 15.0 Å². The molecule has 1 aromatic carbocycles. The standard InChI is InChI=1S/C31H35FN7O3P/c1-16-7-8-25(42-21(6)43)26(27(16)32)24-14-33-19(4)28(37-24)30(40)36-23-13-35-39(15-23)20(5)22-11-18(3)29(34-12-22)38-10-9-17(2)31(38)41/h7-8,11-15,17,20-21H,9-10,43H2,1-6H3,(H,36,40)/t17-,20?,21?/m1/s1. The molecule has 1 fully saturated rings. The van der Waals surface area contributed by atoms with Gasteiger partial charge in [-0.25, -0.2) is 14.4 Å². The molecule has 4 aromatic rings. The molecule has 0 saturated carbocycles. The summed E-state index contributed by atoms with van der Waals surface area (Å²) in [5, 5.41) is 7.28. The summed E-state index contributed by atoms with van der Waals surface area (Å²) in [6, 6.07) is 5.14. The van der Waals surface area contributed by atoms with Gasteiger partial charge < -0.3 is 10.1 Å². The largest absolute Gasteiger partial charge is 0.486 e. The highest BCUT2D eigenvalue weighted by Gasteiger charge is 2.31. The Labute approximate surface area is 252 Å². The van der Waals surface area contributed by atoms with Crippen LogP contribution in [0.15, 0.2) is 43.0 Å². The van der Waals surface area contributed by atoms with Crippen molar-refractivity contribution < 1.29 is 18.7 Å². The molecule has 4 heterocycles. The van der Waals surface area contributed by atoms with Crippen LogP contribution in [0, 0.1) is 32.5 Å². The van der Waals surface area contributed by atoms with Gasteiger partial charge in [0.25, 0.3) is 5.91 Å². The first kappa shape index (κ1) is 30.2. The molecule has 12 heteroatoms. The molecule has 1 N–H and O–H groups in total. The van der Waals surface area contributed by atoms with Crippen LogP contribution in [0.2, 0.25) is 0 Å². The zero-order valence-electron chi connectivity index (χ0n) is 25.1. The molecular weight excluding hydrogens is 568 g/mol. The molecular formula is C31H35FN7O3P. The van der Waals surface area contributed by atoms with E-state index >= 15 is 4.39 Å². The zero-order chi connectivity index (χ0) is 31.0. The van der Waals surface area contributed by atoms with Crippen LogP contribution in [-0.4, -0.2) is 48.9 Å². The number of carbonyl (C=O) groups excluding carboxylic acids is 2. The number of anilines is 2. The molecule has 1 aliphatic rings. The predicted octanol–water partition coefficient (Wildman–Crippen LogP) is 5.63. The van der Waals surface area contributed by atoms with Crippen LogP contribution >= 0.6 is 9.24 Å². The number of hydrogen-bond donors (Lipinski definition) is 1. The van der Waals surface area contributed by atoms with E-state index in [4.69, 9.17) is 4.74 Å². The van der Waals surface area contributed by atoms with Crippen molar-refractivity contribution in [2.45, 2.75) is 59.9 Å². The maximum Gasteiger partial charge on any atom is 0.276 e. The number of carbonyl (C=O) groups is 2. The second-order valence-electron chi connectivity index (χ2n) is 11.0. The third-order valence-corrected chi connectivity index (χ3v) is 7.71. The number of pyridine rings is 1. The Bertz CT molecular complexity index is 1710. The Kier molecular flexibility index (Phi) is 8.55. The van der Waals surface area contributed by atoms with Gasteiger partial charge in [0.15, 0.2) is 0 Å². The summed E-state index contributed by atoms with van der Waals surface area (Å²) < 4.78 is 22.8. The number of ether oxygens (including phenoxy) is 1. The molecule has 1 saturated heterocycles. The lowest BCUT2D eigenvalue weighted by Crippen LogP contribution is -2.28. The van der Waals surface area contributed by atoms with E-state index in [9.17, 15) is 9.59 Å². The fourth-order valence-electron chi connectivity index (χ4n) is 5.08. The molecule has 0 spiro atoms. The van der Waals surface area contributed by atoms with Gasteiger partial charge in [-0.05, 0) is 69.9 Å². The third-order valence-electron chi connectivity index (χ3n) is 7.58. The first-order valence-electron chi connectivity index (χ1n) is 14.1. The molecule has 3 aromatic heterocycles. The van der Waals surface area contributed by atoms with Crippen molar-refractivity contribution in [1.82, 2.24) is 24.7 Å². The van der Waals surface area contributed by atoms with E-state index in [1.807, 2.05) is 33.8 Å². The Balaban J connectivity index is 1.35. The molecule has 10 nitrogen and oxygen atoms in total. The van der Waals surface area contributed by atoms with Crippen LogP contribution in [0.25, 0.3) is 11.3 Å². The molecule has 2 amide bonds. The first-order chi connectivity index (χ1) is 20.4. The molecule has 224 valence electrons. The number of halogens is 1. The predicted molar refractivity (Wildman–Crippen MR) is 166 cm³/mol. The van der Waals surface area contributed by atoms with Gasteiger partial charge in [-0.15, -0.1) is 0 Å². The second-order valence-corrected chi connectivity index (χ2v) is 11.9. The first-order valence-corrected chi connectivity index (χ1v) is 14.8. The zero-order valence-corrected chi connectivity index (χ0v) is 26.2. The summed E-state index contributed by atoms with van der Waals surface area (Å²) in [7, 11) is 2.51. The molecule has 0 aliphatic carbocycles. The lowest BCUT2D eigenvalue weighted by atomic mass is 10.1. The van der Waals surface area contributed by atoms with E-state index in [-0.39, 0.29) is 40.7 Å². The van der Waals surface area contributed by atoms with Gasteiger partial charge in [-0.2, -0.15) is 5.10 Å². The van der Waals surface area contributed by atoms with Crippen LogP contribution in [0.4, 0.5) is 15.9 Å². The molecule has 5 rings (SSSR count). The Morgan fingerprint density at radius 1 is 1.14 bits per heavy atom. The van der Waals surface area contributed by atoms with Crippen LogP contribution in [0.5, 0.6) is 5.75 Å². The van der Waals surface area contributed by atoms with E-state index in [0.717, 1.165) is 17.5 Å². The highest BCUT2D eigenvalue weighted by Crippen LogP contribution is 2.35. The van der Waals surface area contributed by atoms with Crippen LogP contribution in [0.3, 0.4) is 0 Å². The van der Waals surface area contributed by atoms with E-state index in [0.29, 0.717) is 35.1 Å². The van der Waals surface area contributed by atoms with Crippen molar-refractivity contribution in [2.75, 3.05) is 16.8 Å². The normalized spacial score (nSPS) is 16.3. The minimum Gasteiger partial charge on any atom is -0.486 e. The summed E-state index contributed by atoms with van der Waals surface area (Å²) in [6.45, 7) is 11.7. The topological polar surface area (TPSA) is 115 Å². The number of nitrogens with one attached hydrogen (secondary N) is 1. The minimum absolute atomic E-state index is 0.00833. The maximum absolute atomic E-state index is 15.3. The monoisotopic (exact) mass is 603 g/mol. The van der Waals surface area contributed by atoms with Gasteiger partial charge in [-0.1, -0.05) is 22.2 Å². The fraction of sp³-hybridized carbons (Fsp3) is 0.355. The summed E-state index contributed by atoms with van der Waals surface area (Å²) >= 11 is 0. The summed E-state index contributed by atoms with van der Waals surface area (Å²) in [6.07, 6.45) is 7.29. The quantitative estimate of drug-likeness (QED) is 0.260. The number of aryl methyl sites for hydroxylation is 3. The molecule has 1 aliphatic heterocycles. The average molecular weight is 604 g/mol. The van der Waals surface area contributed by atoms with Gasteiger partial charge in [-0.3, -0.25) is 24.2 Å². The summed E-state index contributed by atoms with van der Waals surface area (Å²) in [4.78, 5) is 41.0. The Morgan fingerprint density at radius 3 is 2.58 bits per heavy atom. The van der Waals surface area contributed by atoms with Gasteiger partial charge in [0.1, 0.15) is 28.9 Å². The molecule has 4 atom stereocenters. The van der Waals surface area contributed by atoms with Crippen molar-refractivity contribution >= 4 is 32.6 Å². The van der Waals surface area contributed by atoms with Crippen LogP contribution in [-0.2, 0) is 4.79 Å². The molecule has 0 bridgehead atoms. The van der Waals surface area contributed by atoms with Crippen molar-refractivity contribution in [3.05, 3.63) is 76.9 Å². The number of rotatable bonds is 8. The van der Waals surface area contributed by atoms with Gasteiger partial charge in [0.2, 0.25) is 5.91 Å². The smallest absolute Gasteiger partial charge is 0.276 e. The third kappa shape index (κ3) is 6.13. The lowest BCUT2D eigenvalue weighted by molar-refractivity contribution is -0.119. The number of hydrogen-bond acceptors (Lipinski definition) is 7. The van der Waals surface area contributed by atoms with Crippen molar-refractivity contribution in [1.29, 1.82) is 0 Å². The van der Waals surface area contributed by atoms with Gasteiger partial charge in [0, 0.05) is 24.9 Å². The number of amides is 2. The van der Waals surface area contributed by atoms with Gasteiger partial charge >= 0.3 is 0 Å². The van der Waals surface area contributed by atoms with Crippen molar-refractivity contribution in [3.8, 4) is 17.0 Å². The highest BCUT2D eigenvalue weighted by atomic mass is 31.0. The number of nitrogens with zero attached hydrogens (tertiary/aromatic N) is 6. The van der Waals surface area contributed by atoms with E-state index in [2.05, 4.69) is 34.6 Å². The summed E-state index contributed by atoms with van der Waals surface area (Å²) in [5.41, 5.74) is 3.50. The fourth-order valence-corrected chi connectivity index (χ4v) is 5.22. The SMILES string of the molecule is Cc1cc(C(C)n2cc(NC(=O)c3nc(-c4c(OC(C)P)ccc(C)c4F)cnc3C)cn2)cnc1N1CC[C@@H](C)C1=O. The highest BCUT2D eigenvalue weighted by molar-refractivity contribution is 7.17. The Hall–Kier alpha value is -4.24. The van der Waals surface area contributed by atoms with Gasteiger partial charge in [0.05, 0.1) is 41.1 Å². The van der Waals surface area contributed by atoms with Crippen LogP contribution in [0.1, 0.15) is 66.1 Å². The summed E-state index contributed by atoms with van der Waals surface area (Å²) in [5.74, 6) is -0.149. The van der Waals surface area contributed by atoms with E-state index < -0.39 is 11.7 Å². The average Bonchev–Trinajstić information content (AvgIpc) is 3.56. The van der Waals surface area contributed by atoms with Crippen molar-refractivity contribution in [3.63, 3.8) is 0 Å². The lowest BCUT2D eigenvalue weighted by Gasteiger charge is -2.20. The molecule has 43 heavy (non-hydrogen) atoms. The minimum atomic E-state index is -0.500. The van der Waals surface area contributed by atoms with Crippen molar-refractivity contribution in [2.24, 2.45) is 5.92 Å². The molecule has 0 radical (unpaired) electrons. The van der Waals surface area contributed by atoms with E-state index in [1.54, 1.807) is 54.2 Å². The molecule has 3 unspecified atom stereocenters. The number of benzene rings is 1. The maximum atomic E-state index is 15.3. The van der Waals surface area contributed by atoms with E-state index in [1.165, 1.54) is 6.20 Å². The Morgan fingerprint density at radius 2 is 1.91 bits per heavy atom. The number of aromatic nitrogens is 5.